The second-order valence-electron chi connectivity index (χ2n) is 8.92. The van der Waals surface area contributed by atoms with Crippen LogP contribution in [0.2, 0.25) is 0 Å². The van der Waals surface area contributed by atoms with Gasteiger partial charge in [-0.25, -0.2) is 9.37 Å². The van der Waals surface area contributed by atoms with E-state index in [0.717, 1.165) is 61.0 Å². The largest absolute Gasteiger partial charge is 0.487 e. The molecule has 1 aromatic heterocycles. The van der Waals surface area contributed by atoms with Gasteiger partial charge in [0, 0.05) is 5.92 Å². The SMILES string of the molecule is O=c1c2ccccc2nc(C2CCCCC2)n1N=Cc1cc(I)c(OCc2cccc(F)c2)c(I)c1. The fourth-order valence-electron chi connectivity index (χ4n) is 4.58. The Kier molecular flexibility index (Phi) is 8.00. The van der Waals surface area contributed by atoms with Gasteiger partial charge in [0.25, 0.3) is 5.56 Å². The minimum atomic E-state index is -0.280. The lowest BCUT2D eigenvalue weighted by molar-refractivity contribution is 0.301. The highest BCUT2D eigenvalue weighted by Crippen LogP contribution is 2.32. The number of hydrogen-bond acceptors (Lipinski definition) is 4. The number of nitrogens with zero attached hydrogens (tertiary/aromatic N) is 3. The molecule has 36 heavy (non-hydrogen) atoms. The van der Waals surface area contributed by atoms with Crippen LogP contribution in [0.1, 0.15) is 55.0 Å². The Labute approximate surface area is 236 Å². The predicted molar refractivity (Wildman–Crippen MR) is 157 cm³/mol. The lowest BCUT2D eigenvalue weighted by Gasteiger charge is -2.22. The Hall–Kier alpha value is -2.34. The van der Waals surface area contributed by atoms with Crippen molar-refractivity contribution in [1.82, 2.24) is 9.66 Å². The summed E-state index contributed by atoms with van der Waals surface area (Å²) in [5.41, 5.74) is 2.21. The van der Waals surface area contributed by atoms with Gasteiger partial charge < -0.3 is 4.74 Å². The quantitative estimate of drug-likeness (QED) is 0.157. The molecule has 5 nitrogen and oxygen atoms in total. The molecule has 0 atom stereocenters. The molecule has 5 rings (SSSR count). The van der Waals surface area contributed by atoms with Crippen LogP contribution >= 0.6 is 45.2 Å². The number of benzene rings is 3. The molecule has 1 fully saturated rings. The molecule has 3 aromatic carbocycles. The fourth-order valence-corrected chi connectivity index (χ4v) is 6.70. The van der Waals surface area contributed by atoms with Crippen molar-refractivity contribution in [3.63, 3.8) is 0 Å². The molecular formula is C28H24FI2N3O2. The number of fused-ring (bicyclic) bond motifs is 1. The number of hydrogen-bond donors (Lipinski definition) is 0. The van der Waals surface area contributed by atoms with Crippen LogP contribution in [0.4, 0.5) is 4.39 Å². The average molecular weight is 707 g/mol. The number of halogens is 3. The first kappa shape index (κ1) is 25.3. The standard InChI is InChI=1S/C28H24FI2N3O2/c29-21-10-6-7-18(13-21)17-36-26-23(30)14-19(15-24(26)31)16-32-34-27(20-8-2-1-3-9-20)33-25-12-5-4-11-22(25)28(34)35/h4-7,10-16,20H,1-3,8-9,17H2. The smallest absolute Gasteiger partial charge is 0.282 e. The molecule has 1 heterocycles. The summed E-state index contributed by atoms with van der Waals surface area (Å²) in [7, 11) is 0. The van der Waals surface area contributed by atoms with E-state index in [9.17, 15) is 9.18 Å². The van der Waals surface area contributed by atoms with Crippen molar-refractivity contribution in [3.8, 4) is 5.75 Å². The minimum absolute atomic E-state index is 0.142. The van der Waals surface area contributed by atoms with E-state index in [1.807, 2.05) is 36.4 Å². The Bertz CT molecular complexity index is 1470. The van der Waals surface area contributed by atoms with E-state index in [4.69, 9.17) is 9.72 Å². The summed E-state index contributed by atoms with van der Waals surface area (Å²) in [5, 5.41) is 5.21. The second-order valence-corrected chi connectivity index (χ2v) is 11.2. The Morgan fingerprint density at radius 1 is 1.03 bits per heavy atom. The zero-order valence-electron chi connectivity index (χ0n) is 19.5. The van der Waals surface area contributed by atoms with Crippen molar-refractivity contribution in [1.29, 1.82) is 0 Å². The van der Waals surface area contributed by atoms with Crippen molar-refractivity contribution in [2.24, 2.45) is 5.10 Å². The van der Waals surface area contributed by atoms with Gasteiger partial charge in [-0.2, -0.15) is 9.78 Å². The van der Waals surface area contributed by atoms with Gasteiger partial charge in [0.05, 0.1) is 24.3 Å². The van der Waals surface area contributed by atoms with Gasteiger partial charge in [-0.15, -0.1) is 0 Å². The van der Waals surface area contributed by atoms with E-state index in [2.05, 4.69) is 50.3 Å². The third kappa shape index (κ3) is 5.64. The van der Waals surface area contributed by atoms with Gasteiger partial charge in [-0.1, -0.05) is 43.5 Å². The molecule has 4 aromatic rings. The van der Waals surface area contributed by atoms with Gasteiger partial charge >= 0.3 is 0 Å². The van der Waals surface area contributed by atoms with Gasteiger partial charge in [0.1, 0.15) is 24.0 Å². The van der Waals surface area contributed by atoms with Crippen LogP contribution in [-0.4, -0.2) is 15.9 Å². The summed E-state index contributed by atoms with van der Waals surface area (Å²) >= 11 is 4.46. The lowest BCUT2D eigenvalue weighted by Crippen LogP contribution is -2.25. The van der Waals surface area contributed by atoms with Crippen LogP contribution in [0.5, 0.6) is 5.75 Å². The number of aromatic nitrogens is 2. The van der Waals surface area contributed by atoms with E-state index in [1.54, 1.807) is 18.3 Å². The highest BCUT2D eigenvalue weighted by molar-refractivity contribution is 14.1. The summed E-state index contributed by atoms with van der Waals surface area (Å²) < 4.78 is 22.8. The highest BCUT2D eigenvalue weighted by Gasteiger charge is 2.22. The van der Waals surface area contributed by atoms with Crippen LogP contribution in [0, 0.1) is 13.0 Å². The van der Waals surface area contributed by atoms with E-state index in [1.165, 1.54) is 23.2 Å². The molecule has 0 amide bonds. The second kappa shape index (κ2) is 11.4. The maximum absolute atomic E-state index is 13.5. The van der Waals surface area contributed by atoms with Crippen molar-refractivity contribution < 1.29 is 9.13 Å². The Balaban J connectivity index is 1.46. The van der Waals surface area contributed by atoms with Gasteiger partial charge in [-0.05, 0) is 106 Å². The van der Waals surface area contributed by atoms with Crippen molar-refractivity contribution in [2.45, 2.75) is 44.6 Å². The van der Waals surface area contributed by atoms with Crippen LogP contribution in [0.3, 0.4) is 0 Å². The monoisotopic (exact) mass is 707 g/mol. The molecule has 0 unspecified atom stereocenters. The molecule has 184 valence electrons. The zero-order chi connectivity index (χ0) is 25.1. The predicted octanol–water partition coefficient (Wildman–Crippen LogP) is 7.25. The summed E-state index contributed by atoms with van der Waals surface area (Å²) in [6.07, 6.45) is 7.27. The maximum Gasteiger partial charge on any atom is 0.282 e. The average Bonchev–Trinajstić information content (AvgIpc) is 2.88. The molecule has 1 aliphatic rings. The molecule has 0 N–H and O–H groups in total. The van der Waals surface area contributed by atoms with Gasteiger partial charge in [0.2, 0.25) is 0 Å². The summed E-state index contributed by atoms with van der Waals surface area (Å²) in [6, 6.07) is 17.8. The van der Waals surface area contributed by atoms with E-state index in [-0.39, 0.29) is 23.9 Å². The first-order chi connectivity index (χ1) is 17.5. The van der Waals surface area contributed by atoms with E-state index in [0.29, 0.717) is 5.39 Å². The number of para-hydroxylation sites is 1. The first-order valence-electron chi connectivity index (χ1n) is 11.9. The summed E-state index contributed by atoms with van der Waals surface area (Å²) in [6.45, 7) is 0.278. The van der Waals surface area contributed by atoms with Crippen LogP contribution in [0.15, 0.2) is 70.6 Å². The maximum atomic E-state index is 13.5. The topological polar surface area (TPSA) is 56.5 Å². The van der Waals surface area contributed by atoms with Crippen molar-refractivity contribution >= 4 is 62.3 Å². The molecule has 0 aliphatic heterocycles. The van der Waals surface area contributed by atoms with E-state index >= 15 is 0 Å². The first-order valence-corrected chi connectivity index (χ1v) is 14.1. The summed E-state index contributed by atoms with van der Waals surface area (Å²) in [5.74, 6) is 1.43. The molecule has 1 aliphatic carbocycles. The minimum Gasteiger partial charge on any atom is -0.487 e. The number of ether oxygens (including phenoxy) is 1. The van der Waals surface area contributed by atoms with Gasteiger partial charge in [-0.3, -0.25) is 4.79 Å². The molecule has 0 saturated heterocycles. The molecule has 0 radical (unpaired) electrons. The van der Waals surface area contributed by atoms with Crippen molar-refractivity contribution in [2.75, 3.05) is 0 Å². The number of rotatable bonds is 6. The third-order valence-corrected chi connectivity index (χ3v) is 7.97. The zero-order valence-corrected chi connectivity index (χ0v) is 23.8. The fraction of sp³-hybridized carbons (Fsp3) is 0.250. The summed E-state index contributed by atoms with van der Waals surface area (Å²) in [4.78, 5) is 18.3. The molecule has 8 heteroatoms. The Morgan fingerprint density at radius 2 is 1.78 bits per heavy atom. The molecular weight excluding hydrogens is 683 g/mol. The van der Waals surface area contributed by atoms with E-state index < -0.39 is 0 Å². The molecule has 0 bridgehead atoms. The molecule has 0 spiro atoms. The van der Waals surface area contributed by atoms with Crippen LogP contribution in [0.25, 0.3) is 10.9 Å². The third-order valence-electron chi connectivity index (χ3n) is 6.36. The Morgan fingerprint density at radius 3 is 2.53 bits per heavy atom. The van der Waals surface area contributed by atoms with Gasteiger partial charge in [0.15, 0.2) is 0 Å². The van der Waals surface area contributed by atoms with Crippen LogP contribution < -0.4 is 10.3 Å². The van der Waals surface area contributed by atoms with Crippen LogP contribution in [-0.2, 0) is 6.61 Å². The molecule has 1 saturated carbocycles. The normalized spacial score (nSPS) is 14.5. The highest BCUT2D eigenvalue weighted by atomic mass is 127. The van der Waals surface area contributed by atoms with Crippen molar-refractivity contribution in [3.05, 3.63) is 101 Å². The lowest BCUT2D eigenvalue weighted by atomic mass is 9.88.